The fourth-order valence-corrected chi connectivity index (χ4v) is 3.66. The molecule has 9 nitrogen and oxygen atoms in total. The Bertz CT molecular complexity index is 1070. The Kier molecular flexibility index (Phi) is 7.13. The molecule has 0 aromatic heterocycles. The molecule has 1 N–H and O–H groups in total. The summed E-state index contributed by atoms with van der Waals surface area (Å²) in [4.78, 5) is 39.7. The van der Waals surface area contributed by atoms with E-state index in [1.807, 2.05) is 32.8 Å². The lowest BCUT2D eigenvalue weighted by Crippen LogP contribution is -2.35. The molecule has 1 atom stereocenters. The minimum Gasteiger partial charge on any atom is -0.507 e. The highest BCUT2D eigenvalue weighted by Gasteiger charge is 2.46. The first kappa shape index (κ1) is 23.9. The Balaban J connectivity index is 2.08. The number of hydrogen-bond acceptors (Lipinski definition) is 7. The van der Waals surface area contributed by atoms with E-state index < -0.39 is 22.7 Å². The third kappa shape index (κ3) is 5.20. The Morgan fingerprint density at radius 2 is 1.73 bits per heavy atom. The number of carbonyl (C=O) groups excluding carboxylic acids is 2. The summed E-state index contributed by atoms with van der Waals surface area (Å²) in [5.74, 6) is -1.21. The number of aliphatic hydroxyl groups is 1. The van der Waals surface area contributed by atoms with Crippen LogP contribution < -0.4 is 4.74 Å². The molecule has 1 heterocycles. The Hall–Kier alpha value is -3.72. The van der Waals surface area contributed by atoms with Crippen LogP contribution in [0.3, 0.4) is 0 Å². The SMILES string of the molecule is CC(C)Oc1ccc(/C(O)=C2\C(=O)C(=O)N(CCN(C)C)[C@@H]2c2ccc([N+](=O)[O-])cc2)cc1. The summed E-state index contributed by atoms with van der Waals surface area (Å²) in [7, 11) is 3.69. The number of carbonyl (C=O) groups is 2. The first-order valence-corrected chi connectivity index (χ1v) is 10.5. The molecular formula is C24H27N3O6. The minimum atomic E-state index is -0.864. The molecule has 1 aliphatic rings. The van der Waals surface area contributed by atoms with Gasteiger partial charge in [-0.05, 0) is 69.9 Å². The summed E-state index contributed by atoms with van der Waals surface area (Å²) < 4.78 is 5.62. The van der Waals surface area contributed by atoms with Crippen molar-refractivity contribution in [2.24, 2.45) is 0 Å². The molecule has 1 fully saturated rings. The smallest absolute Gasteiger partial charge is 0.295 e. The monoisotopic (exact) mass is 453 g/mol. The van der Waals surface area contributed by atoms with Gasteiger partial charge in [-0.1, -0.05) is 0 Å². The number of amides is 1. The lowest BCUT2D eigenvalue weighted by atomic mass is 9.95. The molecule has 9 heteroatoms. The second-order valence-electron chi connectivity index (χ2n) is 8.34. The van der Waals surface area contributed by atoms with Gasteiger partial charge in [-0.2, -0.15) is 0 Å². The van der Waals surface area contributed by atoms with Gasteiger partial charge >= 0.3 is 0 Å². The number of likely N-dealkylation sites (N-methyl/N-ethyl adjacent to an activating group) is 1. The van der Waals surface area contributed by atoms with Crippen molar-refractivity contribution in [3.05, 3.63) is 75.3 Å². The fraction of sp³-hybridized carbons (Fsp3) is 0.333. The van der Waals surface area contributed by atoms with Gasteiger partial charge in [0.1, 0.15) is 11.5 Å². The van der Waals surface area contributed by atoms with E-state index in [1.165, 1.54) is 29.2 Å². The maximum Gasteiger partial charge on any atom is 0.295 e. The van der Waals surface area contributed by atoms with Crippen LogP contribution in [0.25, 0.3) is 5.76 Å². The number of likely N-dealkylation sites (tertiary alicyclic amines) is 1. The van der Waals surface area contributed by atoms with E-state index in [4.69, 9.17) is 4.74 Å². The largest absolute Gasteiger partial charge is 0.507 e. The predicted octanol–water partition coefficient (Wildman–Crippen LogP) is 3.37. The van der Waals surface area contributed by atoms with Crippen LogP contribution in [-0.2, 0) is 9.59 Å². The van der Waals surface area contributed by atoms with E-state index in [2.05, 4.69) is 0 Å². The molecule has 1 amide bonds. The summed E-state index contributed by atoms with van der Waals surface area (Å²) in [5.41, 5.74) is 0.707. The number of rotatable bonds is 8. The lowest BCUT2D eigenvalue weighted by Gasteiger charge is -2.26. The molecule has 1 saturated heterocycles. The van der Waals surface area contributed by atoms with Crippen molar-refractivity contribution in [2.45, 2.75) is 26.0 Å². The number of ether oxygens (including phenoxy) is 1. The number of ketones is 1. The third-order valence-electron chi connectivity index (χ3n) is 5.25. The highest BCUT2D eigenvalue weighted by molar-refractivity contribution is 6.46. The van der Waals surface area contributed by atoms with E-state index in [9.17, 15) is 24.8 Å². The van der Waals surface area contributed by atoms with Crippen LogP contribution in [0.4, 0.5) is 5.69 Å². The topological polar surface area (TPSA) is 113 Å². The van der Waals surface area contributed by atoms with Crippen molar-refractivity contribution < 1.29 is 24.4 Å². The highest BCUT2D eigenvalue weighted by atomic mass is 16.6. The molecular weight excluding hydrogens is 426 g/mol. The number of Topliss-reactive ketones (excluding diaryl/α,β-unsaturated/α-hetero) is 1. The number of nitro groups is 1. The standard InChI is InChI=1S/C24H27N3O6/c1-15(2)33-19-11-7-17(8-12-19)22(28)20-21(16-5-9-18(10-6-16)27(31)32)26(14-13-25(3)4)24(30)23(20)29/h5-12,15,21,28H,13-14H2,1-4H3/b22-20+/t21-/m1/s1. The lowest BCUT2D eigenvalue weighted by molar-refractivity contribution is -0.384. The van der Waals surface area contributed by atoms with Gasteiger partial charge < -0.3 is 19.6 Å². The Labute approximate surface area is 192 Å². The van der Waals surface area contributed by atoms with Crippen LogP contribution in [0.15, 0.2) is 54.1 Å². The molecule has 0 unspecified atom stereocenters. The zero-order valence-corrected chi connectivity index (χ0v) is 19.0. The quantitative estimate of drug-likeness (QED) is 0.214. The van der Waals surface area contributed by atoms with Crippen molar-refractivity contribution in [1.82, 2.24) is 9.80 Å². The van der Waals surface area contributed by atoms with E-state index in [0.29, 0.717) is 23.4 Å². The van der Waals surface area contributed by atoms with Gasteiger partial charge in [-0.25, -0.2) is 0 Å². The predicted molar refractivity (Wildman–Crippen MR) is 123 cm³/mol. The molecule has 0 saturated carbocycles. The van der Waals surface area contributed by atoms with Crippen molar-refractivity contribution >= 4 is 23.1 Å². The maximum absolute atomic E-state index is 13.0. The van der Waals surface area contributed by atoms with Gasteiger partial charge in [0, 0.05) is 30.8 Å². The molecule has 1 aliphatic heterocycles. The zero-order chi connectivity index (χ0) is 24.3. The van der Waals surface area contributed by atoms with E-state index in [1.54, 1.807) is 24.3 Å². The van der Waals surface area contributed by atoms with Crippen molar-refractivity contribution in [3.63, 3.8) is 0 Å². The van der Waals surface area contributed by atoms with Crippen LogP contribution in [0.1, 0.15) is 31.0 Å². The first-order chi connectivity index (χ1) is 15.6. The molecule has 3 rings (SSSR count). The molecule has 2 aromatic carbocycles. The average molecular weight is 453 g/mol. The summed E-state index contributed by atoms with van der Waals surface area (Å²) in [6, 6.07) is 11.4. The van der Waals surface area contributed by atoms with Crippen LogP contribution >= 0.6 is 0 Å². The number of nitrogens with zero attached hydrogens (tertiary/aromatic N) is 3. The molecule has 0 spiro atoms. The van der Waals surface area contributed by atoms with Crippen LogP contribution in [0, 0.1) is 10.1 Å². The summed E-state index contributed by atoms with van der Waals surface area (Å²) in [6.45, 7) is 4.54. The average Bonchev–Trinajstić information content (AvgIpc) is 3.02. The Morgan fingerprint density at radius 3 is 2.24 bits per heavy atom. The third-order valence-corrected chi connectivity index (χ3v) is 5.25. The number of nitro benzene ring substituents is 1. The number of benzene rings is 2. The molecule has 0 aliphatic carbocycles. The molecule has 2 aromatic rings. The summed E-state index contributed by atoms with van der Waals surface area (Å²) >= 11 is 0. The molecule has 33 heavy (non-hydrogen) atoms. The molecule has 0 radical (unpaired) electrons. The first-order valence-electron chi connectivity index (χ1n) is 10.5. The number of hydrogen-bond donors (Lipinski definition) is 1. The van der Waals surface area contributed by atoms with E-state index in [0.717, 1.165) is 0 Å². The van der Waals surface area contributed by atoms with Crippen molar-refractivity contribution in [2.75, 3.05) is 27.2 Å². The van der Waals surface area contributed by atoms with Crippen molar-refractivity contribution in [3.8, 4) is 5.75 Å². The van der Waals surface area contributed by atoms with Gasteiger partial charge in [-0.15, -0.1) is 0 Å². The van der Waals surface area contributed by atoms with Crippen LogP contribution in [-0.4, -0.2) is 64.8 Å². The zero-order valence-electron chi connectivity index (χ0n) is 19.0. The van der Waals surface area contributed by atoms with Crippen LogP contribution in [0.5, 0.6) is 5.75 Å². The van der Waals surface area contributed by atoms with Gasteiger partial charge in [-0.3, -0.25) is 19.7 Å². The fourth-order valence-electron chi connectivity index (χ4n) is 3.66. The summed E-state index contributed by atoms with van der Waals surface area (Å²) in [5, 5.41) is 22.1. The molecule has 174 valence electrons. The van der Waals surface area contributed by atoms with Gasteiger partial charge in [0.2, 0.25) is 0 Å². The Morgan fingerprint density at radius 1 is 1.12 bits per heavy atom. The second-order valence-corrected chi connectivity index (χ2v) is 8.34. The highest BCUT2D eigenvalue weighted by Crippen LogP contribution is 2.39. The maximum atomic E-state index is 13.0. The van der Waals surface area contributed by atoms with E-state index in [-0.39, 0.29) is 29.7 Å². The number of aliphatic hydroxyl groups excluding tert-OH is 1. The number of non-ortho nitro benzene ring substituents is 1. The summed E-state index contributed by atoms with van der Waals surface area (Å²) in [6.07, 6.45) is -0.0198. The normalized spacial score (nSPS) is 17.8. The van der Waals surface area contributed by atoms with E-state index >= 15 is 0 Å². The van der Waals surface area contributed by atoms with Gasteiger partial charge in [0.25, 0.3) is 17.4 Å². The molecule has 0 bridgehead atoms. The van der Waals surface area contributed by atoms with Gasteiger partial charge in [0.15, 0.2) is 0 Å². The van der Waals surface area contributed by atoms with Gasteiger partial charge in [0.05, 0.1) is 22.6 Å². The minimum absolute atomic E-state index is 0.0198. The second kappa shape index (κ2) is 9.83. The van der Waals surface area contributed by atoms with Crippen LogP contribution in [0.2, 0.25) is 0 Å². The van der Waals surface area contributed by atoms with Crippen molar-refractivity contribution in [1.29, 1.82) is 0 Å².